The predicted molar refractivity (Wildman–Crippen MR) is 89.3 cm³/mol. The van der Waals surface area contributed by atoms with E-state index in [1.807, 2.05) is 4.68 Å². The van der Waals surface area contributed by atoms with Crippen LogP contribution in [0.3, 0.4) is 0 Å². The minimum atomic E-state index is -0.751. The lowest BCUT2D eigenvalue weighted by molar-refractivity contribution is -0.422. The summed E-state index contributed by atoms with van der Waals surface area (Å²) in [7, 11) is 0. The van der Waals surface area contributed by atoms with Crippen molar-refractivity contribution in [3.8, 4) is 0 Å². The first-order valence-corrected chi connectivity index (χ1v) is 8.87. The molecule has 1 fully saturated rings. The van der Waals surface area contributed by atoms with Gasteiger partial charge < -0.3 is 0 Å². The Bertz CT molecular complexity index is 789. The Morgan fingerprint density at radius 3 is 2.52 bits per heavy atom. The molecular formula is C14H16N6O4S. The largest absolute Gasteiger partial charge is 0.346 e. The van der Waals surface area contributed by atoms with E-state index in [1.54, 1.807) is 0 Å². The molecule has 3 rings (SSSR count). The molecule has 25 heavy (non-hydrogen) atoms. The minimum absolute atomic E-state index is 0.289. The zero-order valence-electron chi connectivity index (χ0n) is 13.3. The second-order valence-corrected chi connectivity index (χ2v) is 6.77. The Labute approximate surface area is 146 Å². The van der Waals surface area contributed by atoms with Gasteiger partial charge in [-0.3, -0.25) is 20.2 Å². The summed E-state index contributed by atoms with van der Waals surface area (Å²) in [4.78, 5) is 20.4. The van der Waals surface area contributed by atoms with Gasteiger partial charge in [-0.05, 0) is 28.8 Å². The van der Waals surface area contributed by atoms with Crippen molar-refractivity contribution in [2.45, 2.75) is 49.1 Å². The lowest BCUT2D eigenvalue weighted by Crippen LogP contribution is -2.15. The zero-order chi connectivity index (χ0) is 17.8. The van der Waals surface area contributed by atoms with Gasteiger partial charge in [0.15, 0.2) is 0 Å². The average Bonchev–Trinajstić information content (AvgIpc) is 3.09. The van der Waals surface area contributed by atoms with Crippen molar-refractivity contribution in [1.82, 2.24) is 20.2 Å². The van der Waals surface area contributed by atoms with Crippen LogP contribution in [0.25, 0.3) is 0 Å². The van der Waals surface area contributed by atoms with Crippen molar-refractivity contribution >= 4 is 23.1 Å². The van der Waals surface area contributed by atoms with Gasteiger partial charge in [-0.25, -0.2) is 4.68 Å². The Kier molecular flexibility index (Phi) is 5.22. The number of hydrogen-bond donors (Lipinski definition) is 0. The molecule has 0 spiro atoms. The van der Waals surface area contributed by atoms with E-state index in [4.69, 9.17) is 0 Å². The van der Waals surface area contributed by atoms with Crippen LogP contribution in [0.2, 0.25) is 0 Å². The number of tetrazole rings is 1. The summed E-state index contributed by atoms with van der Waals surface area (Å²) in [6.07, 6.45) is 5.63. The molecule has 1 aromatic heterocycles. The second-order valence-electron chi connectivity index (χ2n) is 5.82. The number of hydrogen-bond acceptors (Lipinski definition) is 8. The van der Waals surface area contributed by atoms with Crippen molar-refractivity contribution in [3.05, 3.63) is 44.0 Å². The van der Waals surface area contributed by atoms with Gasteiger partial charge in [0.25, 0.3) is 0 Å². The molecule has 1 aromatic carbocycles. The summed E-state index contributed by atoms with van der Waals surface area (Å²) < 4.78 is 1.82. The second kappa shape index (κ2) is 7.55. The molecule has 0 N–H and O–H groups in total. The zero-order valence-corrected chi connectivity index (χ0v) is 14.1. The van der Waals surface area contributed by atoms with E-state index < -0.39 is 21.2 Å². The van der Waals surface area contributed by atoms with Gasteiger partial charge in [0.05, 0.1) is 15.9 Å². The highest BCUT2D eigenvalue weighted by Gasteiger charge is 2.25. The average molecular weight is 364 g/mol. The molecule has 10 nitrogen and oxygen atoms in total. The van der Waals surface area contributed by atoms with Crippen LogP contribution in [0.15, 0.2) is 23.4 Å². The first-order valence-electron chi connectivity index (χ1n) is 7.88. The van der Waals surface area contributed by atoms with E-state index in [0.29, 0.717) is 16.5 Å². The summed E-state index contributed by atoms with van der Waals surface area (Å²) in [5, 5.41) is 34.4. The number of aromatic nitrogens is 4. The van der Waals surface area contributed by atoms with Gasteiger partial charge in [-0.2, -0.15) is 0 Å². The molecule has 0 bridgehead atoms. The Morgan fingerprint density at radius 2 is 1.84 bits per heavy atom. The molecule has 1 aliphatic carbocycles. The third kappa shape index (κ3) is 3.92. The third-order valence-electron chi connectivity index (χ3n) is 4.18. The maximum Gasteiger partial charge on any atom is 0.346 e. The molecule has 1 saturated carbocycles. The van der Waals surface area contributed by atoms with E-state index in [9.17, 15) is 20.2 Å². The standard InChI is InChI=1S/C14H16N6O4S/c21-19(22)12-7-6-10(8-13(12)20(23)24)9-25-14-15-16-17-18(14)11-4-2-1-3-5-11/h6-8,11H,1-5,9H2. The molecule has 11 heteroatoms. The van der Waals surface area contributed by atoms with E-state index >= 15 is 0 Å². The molecular weight excluding hydrogens is 348 g/mol. The lowest BCUT2D eigenvalue weighted by atomic mass is 9.96. The fourth-order valence-electron chi connectivity index (χ4n) is 2.94. The topological polar surface area (TPSA) is 130 Å². The van der Waals surface area contributed by atoms with E-state index in [-0.39, 0.29) is 6.04 Å². The third-order valence-corrected chi connectivity index (χ3v) is 5.19. The van der Waals surface area contributed by atoms with E-state index in [1.165, 1.54) is 30.3 Å². The molecule has 0 radical (unpaired) electrons. The molecule has 132 valence electrons. The molecule has 0 saturated heterocycles. The van der Waals surface area contributed by atoms with Gasteiger partial charge in [0, 0.05) is 17.9 Å². The smallest absolute Gasteiger partial charge is 0.258 e. The molecule has 2 aromatic rings. The van der Waals surface area contributed by atoms with E-state index in [2.05, 4.69) is 15.5 Å². The number of thioether (sulfide) groups is 1. The number of nitro benzene ring substituents is 2. The SMILES string of the molecule is O=[N+]([O-])c1ccc(CSc2nnnn2C2CCCCC2)cc1[N+](=O)[O-]. The number of benzene rings is 1. The summed E-state index contributed by atoms with van der Waals surface area (Å²) in [6.45, 7) is 0. The van der Waals surface area contributed by atoms with Crippen molar-refractivity contribution in [2.75, 3.05) is 0 Å². The highest BCUT2D eigenvalue weighted by Crippen LogP contribution is 2.33. The van der Waals surface area contributed by atoms with Crippen molar-refractivity contribution in [1.29, 1.82) is 0 Å². The predicted octanol–water partition coefficient (Wildman–Crippen LogP) is 3.29. The van der Waals surface area contributed by atoms with E-state index in [0.717, 1.165) is 31.7 Å². The first kappa shape index (κ1) is 17.3. The number of nitrogens with zero attached hydrogens (tertiary/aromatic N) is 6. The monoisotopic (exact) mass is 364 g/mol. The molecule has 0 amide bonds. The summed E-state index contributed by atoms with van der Waals surface area (Å²) in [5.74, 6) is 0.395. The van der Waals surface area contributed by atoms with Gasteiger partial charge >= 0.3 is 11.4 Å². The van der Waals surface area contributed by atoms with Crippen LogP contribution in [0.4, 0.5) is 11.4 Å². The number of rotatable bonds is 6. The Hall–Kier alpha value is -2.56. The molecule has 0 atom stereocenters. The van der Waals surface area contributed by atoms with Gasteiger partial charge in [-0.1, -0.05) is 37.1 Å². The highest BCUT2D eigenvalue weighted by atomic mass is 32.2. The Balaban J connectivity index is 1.74. The lowest BCUT2D eigenvalue weighted by Gasteiger charge is -2.21. The van der Waals surface area contributed by atoms with Gasteiger partial charge in [-0.15, -0.1) is 5.10 Å². The summed E-state index contributed by atoms with van der Waals surface area (Å²) >= 11 is 1.37. The number of nitro groups is 2. The van der Waals surface area contributed by atoms with Gasteiger partial charge in [0.1, 0.15) is 0 Å². The molecule has 1 heterocycles. The van der Waals surface area contributed by atoms with Crippen LogP contribution in [0.1, 0.15) is 43.7 Å². The maximum atomic E-state index is 11.0. The van der Waals surface area contributed by atoms with Crippen LogP contribution in [-0.2, 0) is 5.75 Å². The molecule has 0 unspecified atom stereocenters. The van der Waals surface area contributed by atoms with Crippen LogP contribution in [0, 0.1) is 20.2 Å². The van der Waals surface area contributed by atoms with Crippen molar-refractivity contribution in [3.63, 3.8) is 0 Å². The van der Waals surface area contributed by atoms with Crippen LogP contribution < -0.4 is 0 Å². The van der Waals surface area contributed by atoms with Crippen LogP contribution in [0.5, 0.6) is 0 Å². The molecule has 0 aliphatic heterocycles. The fraction of sp³-hybridized carbons (Fsp3) is 0.500. The first-order chi connectivity index (χ1) is 12.1. The highest BCUT2D eigenvalue weighted by molar-refractivity contribution is 7.98. The fourth-order valence-corrected chi connectivity index (χ4v) is 3.83. The molecule has 1 aliphatic rings. The Morgan fingerprint density at radius 1 is 1.12 bits per heavy atom. The normalized spacial score (nSPS) is 15.2. The summed E-state index contributed by atoms with van der Waals surface area (Å²) in [6, 6.07) is 4.21. The van der Waals surface area contributed by atoms with Crippen LogP contribution in [-0.4, -0.2) is 30.1 Å². The maximum absolute atomic E-state index is 11.0. The summed E-state index contributed by atoms with van der Waals surface area (Å²) in [5.41, 5.74) is -0.402. The van der Waals surface area contributed by atoms with Crippen LogP contribution >= 0.6 is 11.8 Å². The van der Waals surface area contributed by atoms with Crippen molar-refractivity contribution < 1.29 is 9.85 Å². The quantitative estimate of drug-likeness (QED) is 0.433. The van der Waals surface area contributed by atoms with Crippen molar-refractivity contribution in [2.24, 2.45) is 0 Å². The van der Waals surface area contributed by atoms with Gasteiger partial charge in [0.2, 0.25) is 5.16 Å². The minimum Gasteiger partial charge on any atom is -0.258 e.